The molecule has 8 nitrogen and oxygen atoms in total. The number of aryl methyl sites for hydroxylation is 1. The van der Waals surface area contributed by atoms with Crippen LogP contribution in [0.1, 0.15) is 24.0 Å². The molecule has 0 aliphatic heterocycles. The molecule has 0 spiro atoms. The molecule has 2 aromatic rings. The van der Waals surface area contributed by atoms with Crippen LogP contribution in [0, 0.1) is 6.92 Å². The van der Waals surface area contributed by atoms with Crippen molar-refractivity contribution >= 4 is 33.1 Å². The van der Waals surface area contributed by atoms with Crippen molar-refractivity contribution in [2.24, 2.45) is 0 Å². The highest BCUT2D eigenvalue weighted by Gasteiger charge is 2.21. The van der Waals surface area contributed by atoms with Gasteiger partial charge >= 0.3 is 0 Å². The second-order valence-electron chi connectivity index (χ2n) is 5.66. The molecule has 138 valence electrons. The van der Waals surface area contributed by atoms with Gasteiger partial charge in [-0.1, -0.05) is 12.1 Å². The second-order valence-corrected chi connectivity index (χ2v) is 9.21. The summed E-state index contributed by atoms with van der Waals surface area (Å²) in [7, 11) is -0.437. The Kier molecular flexibility index (Phi) is 6.33. The van der Waals surface area contributed by atoms with Gasteiger partial charge in [-0.25, -0.2) is 12.7 Å². The van der Waals surface area contributed by atoms with Crippen LogP contribution in [0.5, 0.6) is 0 Å². The van der Waals surface area contributed by atoms with Gasteiger partial charge in [-0.15, -0.1) is 11.3 Å². The van der Waals surface area contributed by atoms with Crippen molar-refractivity contribution in [1.29, 1.82) is 0 Å². The number of nitrogens with zero attached hydrogens (tertiary/aromatic N) is 2. The number of amides is 1. The van der Waals surface area contributed by atoms with Crippen molar-refractivity contribution in [2.75, 3.05) is 19.4 Å². The van der Waals surface area contributed by atoms with E-state index in [9.17, 15) is 13.2 Å². The van der Waals surface area contributed by atoms with Crippen molar-refractivity contribution in [3.05, 3.63) is 28.8 Å². The van der Waals surface area contributed by atoms with E-state index in [-0.39, 0.29) is 10.1 Å². The van der Waals surface area contributed by atoms with Gasteiger partial charge < -0.3 is 15.2 Å². The first-order chi connectivity index (χ1) is 11.7. The zero-order valence-corrected chi connectivity index (χ0v) is 16.2. The molecule has 0 aromatic carbocycles. The van der Waals surface area contributed by atoms with Crippen LogP contribution in [0.15, 0.2) is 26.9 Å². The van der Waals surface area contributed by atoms with Crippen LogP contribution >= 0.6 is 11.3 Å². The van der Waals surface area contributed by atoms with Crippen molar-refractivity contribution in [3.63, 3.8) is 0 Å². The zero-order valence-electron chi connectivity index (χ0n) is 14.6. The lowest BCUT2D eigenvalue weighted by atomic mass is 10.2. The molecule has 10 heteroatoms. The Morgan fingerprint density at radius 3 is 2.68 bits per heavy atom. The third-order valence-electron chi connectivity index (χ3n) is 3.50. The average molecular weight is 386 g/mol. The van der Waals surface area contributed by atoms with Gasteiger partial charge in [0, 0.05) is 31.6 Å². The van der Waals surface area contributed by atoms with Gasteiger partial charge in [-0.3, -0.25) is 4.79 Å². The van der Waals surface area contributed by atoms with Gasteiger partial charge in [-0.05, 0) is 25.5 Å². The van der Waals surface area contributed by atoms with E-state index in [1.54, 1.807) is 25.1 Å². The predicted octanol–water partition coefficient (Wildman–Crippen LogP) is 1.80. The fourth-order valence-corrected chi connectivity index (χ4v) is 4.53. The maximum Gasteiger partial charge on any atom is 0.252 e. The van der Waals surface area contributed by atoms with E-state index >= 15 is 0 Å². The molecule has 1 atom stereocenters. The first kappa shape index (κ1) is 19.6. The van der Waals surface area contributed by atoms with E-state index in [4.69, 9.17) is 4.52 Å². The van der Waals surface area contributed by atoms with E-state index in [0.717, 1.165) is 4.88 Å². The Labute approximate surface area is 151 Å². The quantitative estimate of drug-likeness (QED) is 0.717. The minimum absolute atomic E-state index is 0.214. The summed E-state index contributed by atoms with van der Waals surface area (Å²) < 4.78 is 30.6. The normalized spacial score (nSPS) is 13.2. The van der Waals surface area contributed by atoms with Crippen molar-refractivity contribution in [2.45, 2.75) is 37.1 Å². The Morgan fingerprint density at radius 1 is 1.40 bits per heavy atom. The molecule has 1 amide bonds. The van der Waals surface area contributed by atoms with Crippen LogP contribution < -0.4 is 10.6 Å². The lowest BCUT2D eigenvalue weighted by Crippen LogP contribution is -2.39. The van der Waals surface area contributed by atoms with Gasteiger partial charge in [0.15, 0.2) is 5.82 Å². The molecular weight excluding hydrogens is 364 g/mol. The smallest absolute Gasteiger partial charge is 0.252 e. The number of carbonyl (C=O) groups excluding carboxylic acids is 1. The minimum atomic E-state index is -3.43. The Hall–Kier alpha value is -1.75. The maximum atomic E-state index is 12.3. The maximum absolute atomic E-state index is 12.3. The summed E-state index contributed by atoms with van der Waals surface area (Å²) in [5.41, 5.74) is 0. The van der Waals surface area contributed by atoms with E-state index < -0.39 is 16.1 Å². The number of sulfonamides is 1. The van der Waals surface area contributed by atoms with Crippen LogP contribution in [-0.4, -0.2) is 43.9 Å². The van der Waals surface area contributed by atoms with Crippen LogP contribution in [0.2, 0.25) is 0 Å². The van der Waals surface area contributed by atoms with Crippen molar-refractivity contribution in [1.82, 2.24) is 14.8 Å². The number of carbonyl (C=O) groups is 1. The van der Waals surface area contributed by atoms with Crippen molar-refractivity contribution in [3.8, 4) is 0 Å². The molecule has 2 N–H and O–H groups in total. The van der Waals surface area contributed by atoms with E-state index in [0.29, 0.717) is 24.5 Å². The zero-order chi connectivity index (χ0) is 18.6. The molecule has 2 aromatic heterocycles. The lowest BCUT2D eigenvalue weighted by molar-refractivity contribution is -0.118. The first-order valence-electron chi connectivity index (χ1n) is 7.72. The molecule has 0 aliphatic carbocycles. The monoisotopic (exact) mass is 386 g/mol. The highest BCUT2D eigenvalue weighted by atomic mass is 32.2. The largest absolute Gasteiger partial charge is 0.360 e. The van der Waals surface area contributed by atoms with E-state index in [1.165, 1.54) is 29.7 Å². The molecule has 0 saturated carbocycles. The summed E-state index contributed by atoms with van der Waals surface area (Å²) in [5, 5.41) is 9.56. The third kappa shape index (κ3) is 4.88. The van der Waals surface area contributed by atoms with Gasteiger partial charge in [0.2, 0.25) is 5.91 Å². The number of thiophene rings is 1. The minimum Gasteiger partial charge on any atom is -0.360 e. The SMILES string of the molecule is CC[C@@H](NCc1ccc(S(=O)(=O)N(C)C)s1)C(=O)Nc1cc(C)on1. The van der Waals surface area contributed by atoms with Gasteiger partial charge in [0.1, 0.15) is 9.97 Å². The van der Waals surface area contributed by atoms with Gasteiger partial charge in [0.25, 0.3) is 10.0 Å². The average Bonchev–Trinajstić information content (AvgIpc) is 3.17. The molecule has 2 rings (SSSR count). The summed E-state index contributed by atoms with van der Waals surface area (Å²) in [6.45, 7) is 4.04. The molecule has 0 aliphatic rings. The standard InChI is InChI=1S/C15H22N4O4S2/c1-5-12(15(20)17-13-8-10(2)23-18-13)16-9-11-6-7-14(24-11)25(21,22)19(3)4/h6-8,12,16H,5,9H2,1-4H3,(H,17,18,20)/t12-/m1/s1. The topological polar surface area (TPSA) is 105 Å². The first-order valence-corrected chi connectivity index (χ1v) is 9.98. The number of aromatic nitrogens is 1. The van der Waals surface area contributed by atoms with E-state index in [1.807, 2.05) is 6.92 Å². The number of hydrogen-bond donors (Lipinski definition) is 2. The Bertz CT molecular complexity index is 826. The lowest BCUT2D eigenvalue weighted by Gasteiger charge is -2.15. The third-order valence-corrected chi connectivity index (χ3v) is 6.87. The Morgan fingerprint density at radius 2 is 2.12 bits per heavy atom. The van der Waals surface area contributed by atoms with E-state index in [2.05, 4.69) is 15.8 Å². The summed E-state index contributed by atoms with van der Waals surface area (Å²) in [6, 6.07) is 4.55. The highest BCUT2D eigenvalue weighted by Crippen LogP contribution is 2.23. The molecule has 0 bridgehead atoms. The summed E-state index contributed by atoms with van der Waals surface area (Å²) in [5.74, 6) is 0.774. The van der Waals surface area contributed by atoms with Crippen molar-refractivity contribution < 1.29 is 17.7 Å². The van der Waals surface area contributed by atoms with Crippen LogP contribution in [0.25, 0.3) is 0 Å². The van der Waals surface area contributed by atoms with Gasteiger partial charge in [-0.2, -0.15) is 0 Å². The fraction of sp³-hybridized carbons (Fsp3) is 0.467. The molecule has 2 heterocycles. The summed E-state index contributed by atoms with van der Waals surface area (Å²) in [6.07, 6.45) is 0.580. The molecule has 25 heavy (non-hydrogen) atoms. The molecular formula is C15H22N4O4S2. The number of rotatable bonds is 8. The highest BCUT2D eigenvalue weighted by molar-refractivity contribution is 7.91. The number of hydrogen-bond acceptors (Lipinski definition) is 7. The number of nitrogens with one attached hydrogen (secondary N) is 2. The van der Waals surface area contributed by atoms with Crippen LogP contribution in [-0.2, 0) is 21.4 Å². The summed E-state index contributed by atoms with van der Waals surface area (Å²) in [4.78, 5) is 13.1. The fourth-order valence-electron chi connectivity index (χ4n) is 2.06. The van der Waals surface area contributed by atoms with Gasteiger partial charge in [0.05, 0.1) is 6.04 Å². The summed E-state index contributed by atoms with van der Waals surface area (Å²) >= 11 is 1.19. The second kappa shape index (κ2) is 8.09. The number of anilines is 1. The van der Waals surface area contributed by atoms with Crippen LogP contribution in [0.3, 0.4) is 0 Å². The van der Waals surface area contributed by atoms with Crippen LogP contribution in [0.4, 0.5) is 5.82 Å². The molecule has 0 unspecified atom stereocenters. The molecule has 0 fully saturated rings. The molecule has 0 saturated heterocycles. The Balaban J connectivity index is 1.96. The molecule has 0 radical (unpaired) electrons. The predicted molar refractivity (Wildman–Crippen MR) is 96.0 cm³/mol.